The summed E-state index contributed by atoms with van der Waals surface area (Å²) in [6.45, 7) is 6.86. The van der Waals surface area contributed by atoms with E-state index in [1.54, 1.807) is 18.8 Å². The predicted molar refractivity (Wildman–Crippen MR) is 89.5 cm³/mol. The summed E-state index contributed by atoms with van der Waals surface area (Å²) in [5.74, 6) is 0.680. The van der Waals surface area contributed by atoms with Crippen LogP contribution in [-0.2, 0) is 11.3 Å². The number of nitrogens with zero attached hydrogens (tertiary/aromatic N) is 2. The zero-order valence-corrected chi connectivity index (χ0v) is 14.6. The molecule has 1 N–H and O–H groups in total. The van der Waals surface area contributed by atoms with E-state index in [4.69, 9.17) is 9.15 Å². The van der Waals surface area contributed by atoms with Gasteiger partial charge in [-0.3, -0.25) is 9.69 Å². The highest BCUT2D eigenvalue weighted by Gasteiger charge is 2.22. The molecule has 23 heavy (non-hydrogen) atoms. The highest BCUT2D eigenvalue weighted by Crippen LogP contribution is 2.20. The molecule has 0 spiro atoms. The van der Waals surface area contributed by atoms with Crippen molar-refractivity contribution in [2.24, 2.45) is 0 Å². The minimum Gasteiger partial charge on any atom is -0.468 e. The van der Waals surface area contributed by atoms with Crippen molar-refractivity contribution in [1.29, 1.82) is 0 Å². The molecule has 0 radical (unpaired) electrons. The van der Waals surface area contributed by atoms with Gasteiger partial charge in [0.05, 0.1) is 18.9 Å². The standard InChI is InChI=1S/C16H23N3O3S/c1-4-19(5-2)13(14-7-6-8-22-14)9-17-16(20)12-11-23-15(18-12)10-21-3/h6-8,11,13H,4-5,9-10H2,1-3H3,(H,17,20)/t13-/m1/s1. The lowest BCUT2D eigenvalue weighted by atomic mass is 10.2. The quantitative estimate of drug-likeness (QED) is 0.762. The molecule has 2 rings (SSSR count). The number of methoxy groups -OCH3 is 1. The Bertz CT molecular complexity index is 593. The minimum absolute atomic E-state index is 0.0148. The second kappa shape index (κ2) is 8.81. The SMILES string of the molecule is CCN(CC)[C@H](CNC(=O)c1csc(COC)n1)c1ccco1. The van der Waals surface area contributed by atoms with Crippen LogP contribution in [0.25, 0.3) is 0 Å². The third kappa shape index (κ3) is 4.63. The molecular weight excluding hydrogens is 314 g/mol. The Hall–Kier alpha value is -1.70. The minimum atomic E-state index is -0.174. The Kier molecular flexibility index (Phi) is 6.76. The molecule has 0 aromatic carbocycles. The Labute approximate surface area is 140 Å². The van der Waals surface area contributed by atoms with Crippen molar-refractivity contribution in [2.75, 3.05) is 26.7 Å². The average Bonchev–Trinajstić information content (AvgIpc) is 3.23. The zero-order chi connectivity index (χ0) is 16.7. The molecule has 2 aromatic heterocycles. The molecular formula is C16H23N3O3S. The van der Waals surface area contributed by atoms with Gasteiger partial charge >= 0.3 is 0 Å². The van der Waals surface area contributed by atoms with Gasteiger partial charge in [0.1, 0.15) is 16.5 Å². The number of likely N-dealkylation sites (N-methyl/N-ethyl adjacent to an activating group) is 1. The maximum Gasteiger partial charge on any atom is 0.270 e. The lowest BCUT2D eigenvalue weighted by Crippen LogP contribution is -2.38. The maximum atomic E-state index is 12.3. The fourth-order valence-corrected chi connectivity index (χ4v) is 3.18. The van der Waals surface area contributed by atoms with E-state index < -0.39 is 0 Å². The molecule has 0 aliphatic rings. The van der Waals surface area contributed by atoms with Crippen LogP contribution >= 0.6 is 11.3 Å². The normalized spacial score (nSPS) is 12.5. The van der Waals surface area contributed by atoms with E-state index in [0.29, 0.717) is 18.8 Å². The summed E-state index contributed by atoms with van der Waals surface area (Å²) in [6, 6.07) is 3.82. The molecule has 0 aliphatic heterocycles. The monoisotopic (exact) mass is 337 g/mol. The van der Waals surface area contributed by atoms with Crippen molar-refractivity contribution in [3.63, 3.8) is 0 Å². The van der Waals surface area contributed by atoms with Gasteiger partial charge in [0.15, 0.2) is 0 Å². The van der Waals surface area contributed by atoms with Gasteiger partial charge in [-0.2, -0.15) is 0 Å². The van der Waals surface area contributed by atoms with E-state index in [-0.39, 0.29) is 11.9 Å². The lowest BCUT2D eigenvalue weighted by Gasteiger charge is -2.28. The summed E-state index contributed by atoms with van der Waals surface area (Å²) in [5.41, 5.74) is 0.430. The Morgan fingerprint density at radius 3 is 2.87 bits per heavy atom. The predicted octanol–water partition coefficient (Wildman–Crippen LogP) is 2.70. The Balaban J connectivity index is 2.01. The Morgan fingerprint density at radius 2 is 2.26 bits per heavy atom. The third-order valence-corrected chi connectivity index (χ3v) is 4.46. The molecule has 0 bridgehead atoms. The topological polar surface area (TPSA) is 67.6 Å². The van der Waals surface area contributed by atoms with Crippen LogP contribution in [0.15, 0.2) is 28.2 Å². The molecule has 0 saturated carbocycles. The van der Waals surface area contributed by atoms with Gasteiger partial charge in [-0.05, 0) is 25.2 Å². The number of hydrogen-bond acceptors (Lipinski definition) is 6. The molecule has 0 aliphatic carbocycles. The molecule has 126 valence electrons. The van der Waals surface area contributed by atoms with Crippen molar-refractivity contribution >= 4 is 17.2 Å². The van der Waals surface area contributed by atoms with E-state index in [0.717, 1.165) is 23.9 Å². The van der Waals surface area contributed by atoms with E-state index in [2.05, 4.69) is 29.0 Å². The molecule has 7 heteroatoms. The van der Waals surface area contributed by atoms with Gasteiger partial charge in [0, 0.05) is 19.0 Å². The van der Waals surface area contributed by atoms with Crippen LogP contribution in [0, 0.1) is 0 Å². The van der Waals surface area contributed by atoms with Gasteiger partial charge in [-0.15, -0.1) is 11.3 Å². The Morgan fingerprint density at radius 1 is 1.48 bits per heavy atom. The van der Waals surface area contributed by atoms with Crippen LogP contribution in [0.3, 0.4) is 0 Å². The number of carbonyl (C=O) groups excluding carboxylic acids is 1. The van der Waals surface area contributed by atoms with E-state index in [1.165, 1.54) is 11.3 Å². The van der Waals surface area contributed by atoms with Gasteiger partial charge in [0.2, 0.25) is 0 Å². The number of carbonyl (C=O) groups is 1. The summed E-state index contributed by atoms with van der Waals surface area (Å²) < 4.78 is 10.6. The number of hydrogen-bond donors (Lipinski definition) is 1. The van der Waals surface area contributed by atoms with Crippen LogP contribution < -0.4 is 5.32 Å². The van der Waals surface area contributed by atoms with Crippen molar-refractivity contribution in [1.82, 2.24) is 15.2 Å². The first kappa shape index (κ1) is 17.7. The molecule has 0 saturated heterocycles. The molecule has 0 unspecified atom stereocenters. The fraction of sp³-hybridized carbons (Fsp3) is 0.500. The number of furan rings is 1. The van der Waals surface area contributed by atoms with Gasteiger partial charge in [-0.1, -0.05) is 13.8 Å². The summed E-state index contributed by atoms with van der Waals surface area (Å²) >= 11 is 1.42. The summed E-state index contributed by atoms with van der Waals surface area (Å²) in [7, 11) is 1.61. The van der Waals surface area contributed by atoms with E-state index >= 15 is 0 Å². The highest BCUT2D eigenvalue weighted by molar-refractivity contribution is 7.09. The fourth-order valence-electron chi connectivity index (χ4n) is 2.44. The van der Waals surface area contributed by atoms with E-state index in [9.17, 15) is 4.79 Å². The number of ether oxygens (including phenoxy) is 1. The first-order valence-corrected chi connectivity index (χ1v) is 8.56. The molecule has 2 heterocycles. The first-order chi connectivity index (χ1) is 11.2. The first-order valence-electron chi connectivity index (χ1n) is 7.68. The number of aromatic nitrogens is 1. The second-order valence-electron chi connectivity index (χ2n) is 5.02. The van der Waals surface area contributed by atoms with Crippen molar-refractivity contribution < 1.29 is 13.9 Å². The summed E-state index contributed by atoms with van der Waals surface area (Å²) in [4.78, 5) is 18.8. The smallest absolute Gasteiger partial charge is 0.270 e. The van der Waals surface area contributed by atoms with Crippen LogP contribution in [0.1, 0.15) is 41.1 Å². The van der Waals surface area contributed by atoms with Gasteiger partial charge < -0.3 is 14.5 Å². The van der Waals surface area contributed by atoms with Crippen LogP contribution in [0.4, 0.5) is 0 Å². The van der Waals surface area contributed by atoms with Crippen LogP contribution in [0.5, 0.6) is 0 Å². The number of rotatable bonds is 9. The molecule has 1 atom stereocenters. The van der Waals surface area contributed by atoms with Crippen molar-refractivity contribution in [2.45, 2.75) is 26.5 Å². The number of nitrogens with one attached hydrogen (secondary N) is 1. The molecule has 0 fully saturated rings. The zero-order valence-electron chi connectivity index (χ0n) is 13.7. The van der Waals surface area contributed by atoms with Crippen molar-refractivity contribution in [3.05, 3.63) is 40.2 Å². The lowest BCUT2D eigenvalue weighted by molar-refractivity contribution is 0.0924. The maximum absolute atomic E-state index is 12.3. The van der Waals surface area contributed by atoms with Crippen LogP contribution in [-0.4, -0.2) is 42.5 Å². The second-order valence-corrected chi connectivity index (χ2v) is 5.96. The number of amides is 1. The molecule has 1 amide bonds. The van der Waals surface area contributed by atoms with Crippen LogP contribution in [0.2, 0.25) is 0 Å². The highest BCUT2D eigenvalue weighted by atomic mass is 32.1. The summed E-state index contributed by atoms with van der Waals surface area (Å²) in [6.07, 6.45) is 1.66. The molecule has 6 nitrogen and oxygen atoms in total. The van der Waals surface area contributed by atoms with E-state index in [1.807, 2.05) is 12.1 Å². The average molecular weight is 337 g/mol. The third-order valence-electron chi connectivity index (χ3n) is 3.63. The largest absolute Gasteiger partial charge is 0.468 e. The van der Waals surface area contributed by atoms with Crippen molar-refractivity contribution in [3.8, 4) is 0 Å². The summed E-state index contributed by atoms with van der Waals surface area (Å²) in [5, 5.41) is 5.50. The van der Waals surface area contributed by atoms with Gasteiger partial charge in [-0.25, -0.2) is 4.98 Å². The molecule has 2 aromatic rings. The van der Waals surface area contributed by atoms with Gasteiger partial charge in [0.25, 0.3) is 5.91 Å². The number of thiazole rings is 1.